The zero-order valence-electron chi connectivity index (χ0n) is 17.5. The van der Waals surface area contributed by atoms with Gasteiger partial charge in [0.25, 0.3) is 0 Å². The summed E-state index contributed by atoms with van der Waals surface area (Å²) in [5.41, 5.74) is 4.32. The molecule has 1 saturated heterocycles. The van der Waals surface area contributed by atoms with Crippen LogP contribution in [0.2, 0.25) is 0 Å². The number of ether oxygens (including phenoxy) is 2. The van der Waals surface area contributed by atoms with Crippen molar-refractivity contribution in [2.75, 3.05) is 20.3 Å². The number of hydrogen-bond acceptors (Lipinski definition) is 7. The molecule has 1 fully saturated rings. The van der Waals surface area contributed by atoms with Crippen LogP contribution in [-0.4, -0.2) is 41.3 Å². The number of rotatable bonds is 7. The second-order valence-corrected chi connectivity index (χ2v) is 7.52. The van der Waals surface area contributed by atoms with Gasteiger partial charge in [0.1, 0.15) is 23.7 Å². The van der Waals surface area contributed by atoms with Crippen LogP contribution < -0.4 is 10.1 Å². The van der Waals surface area contributed by atoms with Gasteiger partial charge in [-0.25, -0.2) is 9.97 Å². The Morgan fingerprint density at radius 1 is 1.16 bits per heavy atom. The van der Waals surface area contributed by atoms with Gasteiger partial charge in [0, 0.05) is 50.0 Å². The SMILES string of the molecule is CNCc1cncc(Cc2nccc(-c3ccc(OC4CCOCC4)c(C#N)c3)n2)c1. The average molecular weight is 415 g/mol. The van der Waals surface area contributed by atoms with E-state index in [1.54, 1.807) is 6.20 Å². The lowest BCUT2D eigenvalue weighted by Gasteiger charge is -2.23. The molecule has 7 heteroatoms. The zero-order chi connectivity index (χ0) is 21.5. The molecule has 1 N–H and O–H groups in total. The van der Waals surface area contributed by atoms with Gasteiger partial charge in [-0.2, -0.15) is 5.26 Å². The summed E-state index contributed by atoms with van der Waals surface area (Å²) in [6.07, 6.45) is 7.80. The molecule has 158 valence electrons. The summed E-state index contributed by atoms with van der Waals surface area (Å²) in [7, 11) is 1.91. The van der Waals surface area contributed by atoms with Gasteiger partial charge in [0.05, 0.1) is 24.5 Å². The lowest BCUT2D eigenvalue weighted by molar-refractivity contribution is 0.0254. The molecule has 0 unspecified atom stereocenters. The molecule has 1 aliphatic heterocycles. The normalized spacial score (nSPS) is 14.2. The van der Waals surface area contributed by atoms with Gasteiger partial charge in [-0.3, -0.25) is 4.98 Å². The van der Waals surface area contributed by atoms with Crippen LogP contribution in [0, 0.1) is 11.3 Å². The number of aromatic nitrogens is 3. The van der Waals surface area contributed by atoms with Gasteiger partial charge in [-0.15, -0.1) is 0 Å². The Bertz CT molecular complexity index is 1070. The predicted molar refractivity (Wildman–Crippen MR) is 116 cm³/mol. The van der Waals surface area contributed by atoms with Crippen LogP contribution in [-0.2, 0) is 17.7 Å². The van der Waals surface area contributed by atoms with Crippen LogP contribution in [0.4, 0.5) is 0 Å². The first-order valence-corrected chi connectivity index (χ1v) is 10.4. The van der Waals surface area contributed by atoms with Crippen molar-refractivity contribution in [3.05, 3.63) is 71.4 Å². The highest BCUT2D eigenvalue weighted by molar-refractivity contribution is 5.64. The lowest BCUT2D eigenvalue weighted by Crippen LogP contribution is -2.26. The van der Waals surface area contributed by atoms with Crippen LogP contribution in [0.1, 0.15) is 35.4 Å². The zero-order valence-corrected chi connectivity index (χ0v) is 17.5. The van der Waals surface area contributed by atoms with E-state index in [0.29, 0.717) is 36.8 Å². The number of nitrogens with zero attached hydrogens (tertiary/aromatic N) is 4. The standard InChI is InChI=1S/C24H25N5O2/c1-26-14-18-10-17(15-27-16-18)11-24-28-7-4-22(29-24)19-2-3-23(20(12-19)13-25)31-21-5-8-30-9-6-21/h2-4,7,10,12,15-16,21,26H,5-6,8-9,11,14H2,1H3. The first-order valence-electron chi connectivity index (χ1n) is 10.4. The molecule has 1 aromatic carbocycles. The molecule has 0 amide bonds. The molecule has 2 aromatic heterocycles. The highest BCUT2D eigenvalue weighted by atomic mass is 16.5. The van der Waals surface area contributed by atoms with E-state index in [1.807, 2.05) is 43.7 Å². The third kappa shape index (κ3) is 5.43. The fourth-order valence-electron chi connectivity index (χ4n) is 3.62. The second-order valence-electron chi connectivity index (χ2n) is 7.52. The molecular weight excluding hydrogens is 390 g/mol. The molecule has 0 atom stereocenters. The molecule has 31 heavy (non-hydrogen) atoms. The summed E-state index contributed by atoms with van der Waals surface area (Å²) in [5.74, 6) is 1.32. The molecule has 0 saturated carbocycles. The number of nitriles is 1. The maximum atomic E-state index is 9.64. The molecule has 0 bridgehead atoms. The summed E-state index contributed by atoms with van der Waals surface area (Å²) in [5, 5.41) is 12.8. The Morgan fingerprint density at radius 3 is 2.81 bits per heavy atom. The van der Waals surface area contributed by atoms with E-state index in [0.717, 1.165) is 41.8 Å². The number of benzene rings is 1. The Morgan fingerprint density at radius 2 is 2.00 bits per heavy atom. The van der Waals surface area contributed by atoms with Gasteiger partial charge >= 0.3 is 0 Å². The molecule has 7 nitrogen and oxygen atoms in total. The third-order valence-electron chi connectivity index (χ3n) is 5.16. The Balaban J connectivity index is 1.53. The highest BCUT2D eigenvalue weighted by Crippen LogP contribution is 2.27. The van der Waals surface area contributed by atoms with Crippen molar-refractivity contribution in [3.63, 3.8) is 0 Å². The summed E-state index contributed by atoms with van der Waals surface area (Å²) >= 11 is 0. The molecule has 3 aromatic rings. The minimum absolute atomic E-state index is 0.0876. The van der Waals surface area contributed by atoms with E-state index < -0.39 is 0 Å². The molecule has 3 heterocycles. The fourth-order valence-corrected chi connectivity index (χ4v) is 3.62. The van der Waals surface area contributed by atoms with Crippen molar-refractivity contribution in [2.45, 2.75) is 31.9 Å². The minimum atomic E-state index is 0.0876. The van der Waals surface area contributed by atoms with E-state index >= 15 is 0 Å². The Kier molecular flexibility index (Phi) is 6.82. The fraction of sp³-hybridized carbons (Fsp3) is 0.333. The lowest BCUT2D eigenvalue weighted by atomic mass is 10.1. The van der Waals surface area contributed by atoms with Crippen LogP contribution >= 0.6 is 0 Å². The van der Waals surface area contributed by atoms with Crippen molar-refractivity contribution in [3.8, 4) is 23.1 Å². The van der Waals surface area contributed by atoms with E-state index in [9.17, 15) is 5.26 Å². The molecule has 1 aliphatic rings. The summed E-state index contributed by atoms with van der Waals surface area (Å²) in [6.45, 7) is 2.16. The molecule has 0 spiro atoms. The third-order valence-corrected chi connectivity index (χ3v) is 5.16. The number of nitrogens with one attached hydrogen (secondary N) is 1. The largest absolute Gasteiger partial charge is 0.489 e. The minimum Gasteiger partial charge on any atom is -0.489 e. The van der Waals surface area contributed by atoms with Crippen molar-refractivity contribution < 1.29 is 9.47 Å². The predicted octanol–water partition coefficient (Wildman–Crippen LogP) is 3.28. The van der Waals surface area contributed by atoms with Gasteiger partial charge < -0.3 is 14.8 Å². The van der Waals surface area contributed by atoms with E-state index in [-0.39, 0.29) is 6.10 Å². The Hall–Kier alpha value is -3.34. The molecular formula is C24H25N5O2. The number of pyridine rings is 1. The van der Waals surface area contributed by atoms with Crippen molar-refractivity contribution in [1.82, 2.24) is 20.3 Å². The topological polar surface area (TPSA) is 93.0 Å². The van der Waals surface area contributed by atoms with Gasteiger partial charge in [0.15, 0.2) is 0 Å². The smallest absolute Gasteiger partial charge is 0.137 e. The Labute approximate surface area is 182 Å². The summed E-state index contributed by atoms with van der Waals surface area (Å²) < 4.78 is 11.4. The monoisotopic (exact) mass is 415 g/mol. The first kappa shape index (κ1) is 20.9. The van der Waals surface area contributed by atoms with E-state index in [2.05, 4.69) is 27.4 Å². The maximum absolute atomic E-state index is 9.64. The van der Waals surface area contributed by atoms with E-state index in [1.165, 1.54) is 0 Å². The molecule has 4 rings (SSSR count). The molecule has 0 aliphatic carbocycles. The number of hydrogen-bond donors (Lipinski definition) is 1. The van der Waals surface area contributed by atoms with Crippen LogP contribution in [0.5, 0.6) is 5.75 Å². The highest BCUT2D eigenvalue weighted by Gasteiger charge is 2.17. The second kappa shape index (κ2) is 10.1. The van der Waals surface area contributed by atoms with Crippen LogP contribution in [0.25, 0.3) is 11.3 Å². The first-order chi connectivity index (χ1) is 15.2. The summed E-state index contributed by atoms with van der Waals surface area (Å²) in [4.78, 5) is 13.4. The van der Waals surface area contributed by atoms with E-state index in [4.69, 9.17) is 14.5 Å². The van der Waals surface area contributed by atoms with Crippen molar-refractivity contribution in [1.29, 1.82) is 5.26 Å². The molecule has 0 radical (unpaired) electrons. The van der Waals surface area contributed by atoms with Crippen molar-refractivity contribution in [2.24, 2.45) is 0 Å². The van der Waals surface area contributed by atoms with Gasteiger partial charge in [-0.05, 0) is 42.4 Å². The van der Waals surface area contributed by atoms with Crippen molar-refractivity contribution >= 4 is 0 Å². The van der Waals surface area contributed by atoms with Crippen LogP contribution in [0.3, 0.4) is 0 Å². The quantitative estimate of drug-likeness (QED) is 0.633. The maximum Gasteiger partial charge on any atom is 0.137 e. The van der Waals surface area contributed by atoms with Gasteiger partial charge in [-0.1, -0.05) is 6.07 Å². The van der Waals surface area contributed by atoms with Gasteiger partial charge in [0.2, 0.25) is 0 Å². The summed E-state index contributed by atoms with van der Waals surface area (Å²) in [6, 6.07) is 11.8. The average Bonchev–Trinajstić information content (AvgIpc) is 2.81. The van der Waals surface area contributed by atoms with Crippen LogP contribution in [0.15, 0.2) is 48.9 Å².